The van der Waals surface area contributed by atoms with Gasteiger partial charge in [-0.2, -0.15) is 13.2 Å². The molecule has 1 unspecified atom stereocenters. The fourth-order valence-electron chi connectivity index (χ4n) is 4.00. The quantitative estimate of drug-likeness (QED) is 0.844. The van der Waals surface area contributed by atoms with Gasteiger partial charge >= 0.3 is 6.18 Å². The first-order chi connectivity index (χ1) is 11.2. The highest BCUT2D eigenvalue weighted by Crippen LogP contribution is 2.40. The van der Waals surface area contributed by atoms with Crippen molar-refractivity contribution in [1.82, 2.24) is 9.80 Å². The van der Waals surface area contributed by atoms with Crippen molar-refractivity contribution in [2.45, 2.75) is 45.3 Å². The lowest BCUT2D eigenvalue weighted by Gasteiger charge is -2.40. The number of rotatable bonds is 3. The molecule has 0 saturated carbocycles. The summed E-state index contributed by atoms with van der Waals surface area (Å²) in [6, 6.07) is 3.90. The summed E-state index contributed by atoms with van der Waals surface area (Å²) in [6.45, 7) is 5.26. The maximum Gasteiger partial charge on any atom is 0.397 e. The maximum absolute atomic E-state index is 12.4. The fourth-order valence-corrected chi connectivity index (χ4v) is 4.00. The Labute approximate surface area is 139 Å². The molecule has 1 aromatic rings. The lowest BCUT2D eigenvalue weighted by atomic mass is 9.79. The zero-order chi connectivity index (χ0) is 17.4. The van der Waals surface area contributed by atoms with Gasteiger partial charge in [0, 0.05) is 25.0 Å². The summed E-state index contributed by atoms with van der Waals surface area (Å²) in [5, 5.41) is 0. The molecular formula is C17H23F3N2O2. The Balaban J connectivity index is 1.59. The monoisotopic (exact) mass is 344 g/mol. The summed E-state index contributed by atoms with van der Waals surface area (Å²) in [5.41, 5.74) is -0.0683. The van der Waals surface area contributed by atoms with Gasteiger partial charge in [0.15, 0.2) is 0 Å². The zero-order valence-electron chi connectivity index (χ0n) is 13.9. The number of aryl methyl sites for hydroxylation is 1. The van der Waals surface area contributed by atoms with Crippen LogP contribution in [0.2, 0.25) is 0 Å². The summed E-state index contributed by atoms with van der Waals surface area (Å²) in [5.74, 6) is 0.993. The molecule has 24 heavy (non-hydrogen) atoms. The molecule has 0 bridgehead atoms. The van der Waals surface area contributed by atoms with E-state index in [4.69, 9.17) is 4.42 Å². The molecule has 2 aliphatic rings. The van der Waals surface area contributed by atoms with Crippen LogP contribution in [0.3, 0.4) is 0 Å². The number of likely N-dealkylation sites (tertiary alicyclic amines) is 2. The minimum absolute atomic E-state index is 0.0683. The van der Waals surface area contributed by atoms with E-state index >= 15 is 0 Å². The van der Waals surface area contributed by atoms with Crippen LogP contribution in [-0.2, 0) is 11.3 Å². The number of alkyl halides is 3. The highest BCUT2D eigenvalue weighted by Gasteiger charge is 2.44. The van der Waals surface area contributed by atoms with Gasteiger partial charge in [-0.25, -0.2) is 0 Å². The van der Waals surface area contributed by atoms with Crippen molar-refractivity contribution in [3.8, 4) is 0 Å². The minimum atomic E-state index is -4.43. The predicted octanol–water partition coefficient (Wildman–Crippen LogP) is 3.35. The van der Waals surface area contributed by atoms with Gasteiger partial charge < -0.3 is 9.32 Å². The third kappa shape index (κ3) is 4.12. The third-order valence-corrected chi connectivity index (χ3v) is 5.06. The van der Waals surface area contributed by atoms with E-state index in [2.05, 4.69) is 4.90 Å². The molecule has 0 aromatic carbocycles. The third-order valence-electron chi connectivity index (χ3n) is 5.06. The first kappa shape index (κ1) is 17.3. The molecule has 1 spiro atoms. The summed E-state index contributed by atoms with van der Waals surface area (Å²) in [4.78, 5) is 15.5. The second kappa shape index (κ2) is 6.43. The van der Waals surface area contributed by atoms with Gasteiger partial charge in [0.05, 0.1) is 6.54 Å². The largest absolute Gasteiger partial charge is 0.465 e. The van der Waals surface area contributed by atoms with E-state index in [1.807, 2.05) is 19.1 Å². The topological polar surface area (TPSA) is 36.7 Å². The molecule has 4 nitrogen and oxygen atoms in total. The van der Waals surface area contributed by atoms with Gasteiger partial charge in [-0.1, -0.05) is 0 Å². The molecule has 2 aliphatic heterocycles. The Kier molecular flexibility index (Phi) is 4.64. The van der Waals surface area contributed by atoms with Crippen molar-refractivity contribution in [2.75, 3.05) is 26.2 Å². The maximum atomic E-state index is 12.4. The molecule has 3 heterocycles. The molecule has 0 aliphatic carbocycles. The average Bonchev–Trinajstić information content (AvgIpc) is 3.05. The van der Waals surface area contributed by atoms with Crippen molar-refractivity contribution in [2.24, 2.45) is 5.41 Å². The molecule has 134 valence electrons. The van der Waals surface area contributed by atoms with E-state index in [0.717, 1.165) is 43.9 Å². The number of hydrogen-bond donors (Lipinski definition) is 0. The summed E-state index contributed by atoms with van der Waals surface area (Å²) in [6.07, 6.45) is -3.02. The fraction of sp³-hybridized carbons (Fsp3) is 0.706. The van der Waals surface area contributed by atoms with Crippen LogP contribution in [0.4, 0.5) is 13.2 Å². The van der Waals surface area contributed by atoms with E-state index in [-0.39, 0.29) is 5.41 Å². The summed E-state index contributed by atoms with van der Waals surface area (Å²) in [7, 11) is 0. The van der Waals surface area contributed by atoms with Crippen LogP contribution in [0, 0.1) is 12.3 Å². The summed E-state index contributed by atoms with van der Waals surface area (Å²) < 4.78 is 42.9. The standard InChI is InChI=1S/C17H23F3N2O2/c1-13-3-4-14(24-13)10-21-7-2-5-16(11-21)6-8-22(12-16)15(23)9-17(18,19)20/h3-4H,2,5-12H2,1H3. The van der Waals surface area contributed by atoms with E-state index in [9.17, 15) is 18.0 Å². The average molecular weight is 344 g/mol. The number of carbonyl (C=O) groups is 1. The number of furan rings is 1. The first-order valence-corrected chi connectivity index (χ1v) is 8.37. The van der Waals surface area contributed by atoms with E-state index in [1.54, 1.807) is 0 Å². The molecule has 1 amide bonds. The highest BCUT2D eigenvalue weighted by molar-refractivity contribution is 5.77. The van der Waals surface area contributed by atoms with Gasteiger partial charge in [0.25, 0.3) is 0 Å². The zero-order valence-corrected chi connectivity index (χ0v) is 13.9. The van der Waals surface area contributed by atoms with Crippen LogP contribution in [-0.4, -0.2) is 48.1 Å². The Morgan fingerprint density at radius 2 is 2.04 bits per heavy atom. The number of halogens is 3. The van der Waals surface area contributed by atoms with E-state index in [1.165, 1.54) is 4.90 Å². The van der Waals surface area contributed by atoms with Crippen molar-refractivity contribution >= 4 is 5.91 Å². The summed E-state index contributed by atoms with van der Waals surface area (Å²) >= 11 is 0. The smallest absolute Gasteiger partial charge is 0.397 e. The van der Waals surface area contributed by atoms with Gasteiger partial charge in [-0.3, -0.25) is 9.69 Å². The van der Waals surface area contributed by atoms with Crippen molar-refractivity contribution in [3.63, 3.8) is 0 Å². The van der Waals surface area contributed by atoms with Crippen LogP contribution in [0.1, 0.15) is 37.2 Å². The van der Waals surface area contributed by atoms with Crippen molar-refractivity contribution in [3.05, 3.63) is 23.7 Å². The number of nitrogens with zero attached hydrogens (tertiary/aromatic N) is 2. The molecule has 2 fully saturated rings. The minimum Gasteiger partial charge on any atom is -0.465 e. The molecule has 0 N–H and O–H groups in total. The molecule has 1 aromatic heterocycles. The van der Waals surface area contributed by atoms with Crippen LogP contribution >= 0.6 is 0 Å². The second-order valence-corrected chi connectivity index (χ2v) is 7.18. The van der Waals surface area contributed by atoms with Gasteiger partial charge in [-0.05, 0) is 44.9 Å². The highest BCUT2D eigenvalue weighted by atomic mass is 19.4. The van der Waals surface area contributed by atoms with E-state index in [0.29, 0.717) is 19.6 Å². The van der Waals surface area contributed by atoms with Gasteiger partial charge in [-0.15, -0.1) is 0 Å². The molecule has 1 atom stereocenters. The Morgan fingerprint density at radius 3 is 2.71 bits per heavy atom. The Hall–Kier alpha value is -1.50. The van der Waals surface area contributed by atoms with Gasteiger partial charge in [0.2, 0.25) is 5.91 Å². The number of hydrogen-bond acceptors (Lipinski definition) is 3. The van der Waals surface area contributed by atoms with Crippen molar-refractivity contribution < 1.29 is 22.4 Å². The molecule has 0 radical (unpaired) electrons. The lowest BCUT2D eigenvalue weighted by molar-refractivity contribution is -0.161. The Morgan fingerprint density at radius 1 is 1.25 bits per heavy atom. The molecule has 3 rings (SSSR count). The number of amides is 1. The Bertz CT molecular complexity index is 599. The van der Waals surface area contributed by atoms with E-state index < -0.39 is 18.5 Å². The second-order valence-electron chi connectivity index (χ2n) is 7.18. The van der Waals surface area contributed by atoms with Crippen LogP contribution in [0.25, 0.3) is 0 Å². The van der Waals surface area contributed by atoms with Gasteiger partial charge in [0.1, 0.15) is 17.9 Å². The number of piperidine rings is 1. The lowest BCUT2D eigenvalue weighted by Crippen LogP contribution is -2.45. The van der Waals surface area contributed by atoms with Crippen LogP contribution in [0.5, 0.6) is 0 Å². The normalized spacial score (nSPS) is 25.6. The number of carbonyl (C=O) groups excluding carboxylic acids is 1. The molecular weight excluding hydrogens is 321 g/mol. The van der Waals surface area contributed by atoms with Crippen LogP contribution < -0.4 is 0 Å². The van der Waals surface area contributed by atoms with Crippen LogP contribution in [0.15, 0.2) is 16.5 Å². The van der Waals surface area contributed by atoms with Crippen molar-refractivity contribution in [1.29, 1.82) is 0 Å². The predicted molar refractivity (Wildman–Crippen MR) is 82.3 cm³/mol. The molecule has 7 heteroatoms. The molecule has 2 saturated heterocycles. The SMILES string of the molecule is Cc1ccc(CN2CCCC3(CCN(C(=O)CC(F)(F)F)C3)C2)o1. The first-order valence-electron chi connectivity index (χ1n) is 8.37.